The Hall–Kier alpha value is -4.53. The molecule has 0 aliphatic carbocycles. The van der Waals surface area contributed by atoms with Gasteiger partial charge in [-0.25, -0.2) is 4.99 Å². The van der Waals surface area contributed by atoms with E-state index in [1.165, 1.54) is 18.2 Å². The predicted octanol–water partition coefficient (Wildman–Crippen LogP) is 3.93. The summed E-state index contributed by atoms with van der Waals surface area (Å²) in [5.74, 6) is -0.0647. The molecule has 3 aromatic rings. The molecule has 0 fully saturated rings. The molecule has 0 saturated carbocycles. The summed E-state index contributed by atoms with van der Waals surface area (Å²) in [5, 5.41) is 16.4. The second-order valence-electron chi connectivity index (χ2n) is 6.63. The highest BCUT2D eigenvalue weighted by atomic mass is 16.6. The maximum Gasteiger partial charge on any atom is 0.275 e. The number of non-ortho nitro benzene ring substituents is 1. The summed E-state index contributed by atoms with van der Waals surface area (Å²) in [6.07, 6.45) is 0. The van der Waals surface area contributed by atoms with Crippen LogP contribution in [0.15, 0.2) is 71.7 Å². The number of fused-ring (bicyclic) bond motifs is 1. The van der Waals surface area contributed by atoms with E-state index in [4.69, 9.17) is 4.74 Å². The molecule has 0 spiro atoms. The standard InChI is InChI=1S/C22H16N4O5/c1-31-17-9-6-15(7-10-17)24-21(27)13-2-4-14(5-3-13)23-20-18-12-16(26(29)30)8-11-19(18)25-22(20)28/h2-12H,1H3,(H,24,27)(H,23,25,28). The van der Waals surface area contributed by atoms with Crippen LogP contribution in [0.5, 0.6) is 5.75 Å². The number of amides is 2. The van der Waals surface area contributed by atoms with Crippen LogP contribution in [0.2, 0.25) is 0 Å². The van der Waals surface area contributed by atoms with Gasteiger partial charge in [0.05, 0.1) is 23.4 Å². The number of aliphatic imine (C=N–C) groups is 1. The molecule has 1 heterocycles. The number of nitro benzene ring substituents is 1. The van der Waals surface area contributed by atoms with Crippen molar-refractivity contribution >= 4 is 40.3 Å². The third-order valence-corrected chi connectivity index (χ3v) is 4.65. The van der Waals surface area contributed by atoms with Gasteiger partial charge in [0.25, 0.3) is 17.5 Å². The topological polar surface area (TPSA) is 123 Å². The van der Waals surface area contributed by atoms with Crippen LogP contribution in [-0.4, -0.2) is 29.6 Å². The van der Waals surface area contributed by atoms with Crippen LogP contribution in [0.25, 0.3) is 0 Å². The van der Waals surface area contributed by atoms with Crippen LogP contribution in [0.4, 0.5) is 22.7 Å². The summed E-state index contributed by atoms with van der Waals surface area (Å²) in [4.78, 5) is 39.5. The van der Waals surface area contributed by atoms with Crippen molar-refractivity contribution in [1.82, 2.24) is 0 Å². The number of hydrogen-bond donors (Lipinski definition) is 2. The summed E-state index contributed by atoms with van der Waals surface area (Å²) >= 11 is 0. The Morgan fingerprint density at radius 3 is 2.42 bits per heavy atom. The average molecular weight is 416 g/mol. The molecule has 4 rings (SSSR count). The summed E-state index contributed by atoms with van der Waals surface area (Å²) in [6.45, 7) is 0. The van der Waals surface area contributed by atoms with Crippen molar-refractivity contribution in [2.75, 3.05) is 17.7 Å². The molecule has 9 nitrogen and oxygen atoms in total. The van der Waals surface area contributed by atoms with Gasteiger partial charge in [-0.1, -0.05) is 0 Å². The Labute approximate surface area is 176 Å². The summed E-state index contributed by atoms with van der Waals surface area (Å²) in [5.41, 5.74) is 2.24. The Morgan fingerprint density at radius 1 is 1.06 bits per heavy atom. The van der Waals surface area contributed by atoms with Gasteiger partial charge in [0, 0.05) is 28.9 Å². The Bertz CT molecular complexity index is 1220. The smallest absolute Gasteiger partial charge is 0.275 e. The summed E-state index contributed by atoms with van der Waals surface area (Å²) in [7, 11) is 1.56. The molecular weight excluding hydrogens is 400 g/mol. The Morgan fingerprint density at radius 2 is 1.77 bits per heavy atom. The van der Waals surface area contributed by atoms with Crippen LogP contribution < -0.4 is 15.4 Å². The lowest BCUT2D eigenvalue weighted by atomic mass is 10.1. The van der Waals surface area contributed by atoms with Gasteiger partial charge in [0.15, 0.2) is 0 Å². The van der Waals surface area contributed by atoms with E-state index in [-0.39, 0.29) is 17.3 Å². The van der Waals surface area contributed by atoms with Gasteiger partial charge in [-0.15, -0.1) is 0 Å². The third-order valence-electron chi connectivity index (χ3n) is 4.65. The number of benzene rings is 3. The van der Waals surface area contributed by atoms with Crippen LogP contribution >= 0.6 is 0 Å². The van der Waals surface area contributed by atoms with Crippen LogP contribution in [0.3, 0.4) is 0 Å². The van der Waals surface area contributed by atoms with E-state index < -0.39 is 10.8 Å². The second kappa shape index (κ2) is 8.07. The predicted molar refractivity (Wildman–Crippen MR) is 115 cm³/mol. The minimum Gasteiger partial charge on any atom is -0.497 e. The fraction of sp³-hybridized carbons (Fsp3) is 0.0455. The maximum atomic E-state index is 12.4. The number of nitrogens with one attached hydrogen (secondary N) is 2. The first-order valence-corrected chi connectivity index (χ1v) is 9.19. The lowest BCUT2D eigenvalue weighted by Gasteiger charge is -2.06. The molecule has 1 aliphatic heterocycles. The number of nitro groups is 1. The van der Waals surface area contributed by atoms with Gasteiger partial charge in [0.2, 0.25) is 0 Å². The molecule has 0 saturated heterocycles. The van der Waals surface area contributed by atoms with Crippen molar-refractivity contribution in [3.63, 3.8) is 0 Å². The molecule has 0 radical (unpaired) electrons. The van der Waals surface area contributed by atoms with E-state index >= 15 is 0 Å². The highest BCUT2D eigenvalue weighted by Gasteiger charge is 2.28. The van der Waals surface area contributed by atoms with Crippen molar-refractivity contribution in [2.24, 2.45) is 4.99 Å². The molecule has 2 amide bonds. The number of nitrogens with zero attached hydrogens (tertiary/aromatic N) is 2. The van der Waals surface area contributed by atoms with Crippen LogP contribution in [0, 0.1) is 10.1 Å². The summed E-state index contributed by atoms with van der Waals surface area (Å²) < 4.78 is 5.09. The van der Waals surface area contributed by atoms with E-state index in [1.807, 2.05) is 0 Å². The zero-order chi connectivity index (χ0) is 22.0. The van der Waals surface area contributed by atoms with E-state index in [1.54, 1.807) is 55.6 Å². The number of rotatable bonds is 5. The van der Waals surface area contributed by atoms with E-state index in [0.717, 1.165) is 0 Å². The number of carbonyl (C=O) groups excluding carboxylic acids is 2. The first kappa shape index (κ1) is 19.8. The Balaban J connectivity index is 1.54. The largest absolute Gasteiger partial charge is 0.497 e. The second-order valence-corrected chi connectivity index (χ2v) is 6.63. The first-order chi connectivity index (χ1) is 14.9. The van der Waals surface area contributed by atoms with Gasteiger partial charge < -0.3 is 15.4 Å². The molecule has 0 atom stereocenters. The van der Waals surface area contributed by atoms with Gasteiger partial charge in [0.1, 0.15) is 11.5 Å². The molecule has 0 bridgehead atoms. The van der Waals surface area contributed by atoms with E-state index in [9.17, 15) is 19.7 Å². The number of methoxy groups -OCH3 is 1. The number of anilines is 2. The fourth-order valence-corrected chi connectivity index (χ4v) is 3.06. The lowest BCUT2D eigenvalue weighted by Crippen LogP contribution is -2.14. The van der Waals surface area contributed by atoms with Crippen LogP contribution in [0.1, 0.15) is 15.9 Å². The minimum atomic E-state index is -0.531. The number of hydrogen-bond acceptors (Lipinski definition) is 6. The van der Waals surface area contributed by atoms with Crippen molar-refractivity contribution in [3.05, 3.63) is 88.0 Å². The van der Waals surface area contributed by atoms with Gasteiger partial charge >= 0.3 is 0 Å². The van der Waals surface area contributed by atoms with Gasteiger partial charge in [-0.05, 0) is 54.6 Å². The van der Waals surface area contributed by atoms with Crippen molar-refractivity contribution in [3.8, 4) is 5.75 Å². The zero-order valence-corrected chi connectivity index (χ0v) is 16.3. The quantitative estimate of drug-likeness (QED) is 0.482. The molecule has 3 aromatic carbocycles. The minimum absolute atomic E-state index is 0.0779. The molecule has 154 valence electrons. The molecular formula is C22H16N4O5. The Kier molecular flexibility index (Phi) is 5.15. The van der Waals surface area contributed by atoms with Crippen molar-refractivity contribution < 1.29 is 19.2 Å². The monoisotopic (exact) mass is 416 g/mol. The SMILES string of the molecule is COc1ccc(NC(=O)c2ccc(N=C3C(=O)Nc4ccc([N+](=O)[O-])cc43)cc2)cc1. The lowest BCUT2D eigenvalue weighted by molar-refractivity contribution is -0.384. The highest BCUT2D eigenvalue weighted by molar-refractivity contribution is 6.54. The fourth-order valence-electron chi connectivity index (χ4n) is 3.06. The average Bonchev–Trinajstić information content (AvgIpc) is 3.09. The van der Waals surface area contributed by atoms with E-state index in [0.29, 0.717) is 33.9 Å². The molecule has 9 heteroatoms. The van der Waals surface area contributed by atoms with Gasteiger partial charge in [-0.3, -0.25) is 19.7 Å². The number of ether oxygens (including phenoxy) is 1. The van der Waals surface area contributed by atoms with Gasteiger partial charge in [-0.2, -0.15) is 0 Å². The van der Waals surface area contributed by atoms with E-state index in [2.05, 4.69) is 15.6 Å². The van der Waals surface area contributed by atoms with Crippen LogP contribution in [-0.2, 0) is 4.79 Å². The molecule has 0 aromatic heterocycles. The normalized spacial score (nSPS) is 13.5. The highest BCUT2D eigenvalue weighted by Crippen LogP contribution is 2.29. The summed E-state index contributed by atoms with van der Waals surface area (Å²) in [6, 6.07) is 17.4. The third kappa shape index (κ3) is 4.10. The van der Waals surface area contributed by atoms with Crippen molar-refractivity contribution in [2.45, 2.75) is 0 Å². The maximum absolute atomic E-state index is 12.4. The zero-order valence-electron chi connectivity index (χ0n) is 16.3. The number of carbonyl (C=O) groups is 2. The molecule has 0 unspecified atom stereocenters. The molecule has 2 N–H and O–H groups in total. The van der Waals surface area contributed by atoms with Crippen molar-refractivity contribution in [1.29, 1.82) is 0 Å². The molecule has 31 heavy (non-hydrogen) atoms. The first-order valence-electron chi connectivity index (χ1n) is 9.19. The molecule has 1 aliphatic rings.